The minimum atomic E-state index is -2.33. The second-order valence-electron chi connectivity index (χ2n) is 7.42. The van der Waals surface area contributed by atoms with Crippen LogP contribution in [0.3, 0.4) is 0 Å². The topological polar surface area (TPSA) is 37.6 Å². The normalized spacial score (nSPS) is 15.1. The van der Waals surface area contributed by atoms with Gasteiger partial charge in [-0.05, 0) is 62.7 Å². The van der Waals surface area contributed by atoms with Crippen molar-refractivity contribution < 1.29 is 31.1 Å². The van der Waals surface area contributed by atoms with Crippen molar-refractivity contribution in [2.75, 3.05) is 5.01 Å². The molecule has 0 spiro atoms. The van der Waals surface area contributed by atoms with Crippen molar-refractivity contribution in [3.05, 3.63) is 87.8 Å². The van der Waals surface area contributed by atoms with Gasteiger partial charge in [0, 0.05) is 17.1 Å². The van der Waals surface area contributed by atoms with Gasteiger partial charge in [-0.1, -0.05) is 0 Å². The number of hydrogen-bond acceptors (Lipinski definition) is 2. The van der Waals surface area contributed by atoms with Gasteiger partial charge in [-0.25, -0.2) is 26.3 Å². The SMILES string of the molecule is CC1=NN(c2c(F)c(F)c(F)c(F)c2F)C(=O)/C1=C\c1cc(C)n(-c2ccc(F)cc2)c1C. The van der Waals surface area contributed by atoms with Crippen molar-refractivity contribution in [2.24, 2.45) is 5.10 Å². The lowest BCUT2D eigenvalue weighted by atomic mass is 10.1. The summed E-state index contributed by atoms with van der Waals surface area (Å²) in [4.78, 5) is 12.9. The Morgan fingerprint density at radius 2 is 1.36 bits per heavy atom. The zero-order valence-corrected chi connectivity index (χ0v) is 17.5. The number of amides is 1. The summed E-state index contributed by atoms with van der Waals surface area (Å²) in [5, 5.41) is 3.89. The number of nitrogens with zero attached hydrogens (tertiary/aromatic N) is 3. The molecule has 0 bridgehead atoms. The summed E-state index contributed by atoms with van der Waals surface area (Å²) in [6, 6.07) is 7.47. The van der Waals surface area contributed by atoms with Crippen molar-refractivity contribution in [1.29, 1.82) is 0 Å². The monoisotopic (exact) mass is 463 g/mol. The largest absolute Gasteiger partial charge is 0.318 e. The molecule has 0 radical (unpaired) electrons. The van der Waals surface area contributed by atoms with Gasteiger partial charge in [0.2, 0.25) is 5.82 Å². The third-order valence-corrected chi connectivity index (χ3v) is 5.32. The van der Waals surface area contributed by atoms with Crippen LogP contribution in [-0.2, 0) is 4.79 Å². The van der Waals surface area contributed by atoms with Crippen LogP contribution in [0.2, 0.25) is 0 Å². The van der Waals surface area contributed by atoms with Crippen molar-refractivity contribution in [2.45, 2.75) is 20.8 Å². The molecule has 0 unspecified atom stereocenters. The van der Waals surface area contributed by atoms with E-state index in [0.29, 0.717) is 16.9 Å². The molecule has 1 amide bonds. The van der Waals surface area contributed by atoms with E-state index in [2.05, 4.69) is 5.10 Å². The second-order valence-corrected chi connectivity index (χ2v) is 7.42. The lowest BCUT2D eigenvalue weighted by Crippen LogP contribution is -2.25. The summed E-state index contributed by atoms with van der Waals surface area (Å²) in [5.41, 5.74) is 1.13. The van der Waals surface area contributed by atoms with E-state index in [-0.39, 0.29) is 16.3 Å². The summed E-state index contributed by atoms with van der Waals surface area (Å²) in [6.07, 6.45) is 1.41. The van der Waals surface area contributed by atoms with Gasteiger partial charge in [-0.3, -0.25) is 4.79 Å². The first-order chi connectivity index (χ1) is 15.5. The van der Waals surface area contributed by atoms with Crippen molar-refractivity contribution in [1.82, 2.24) is 4.57 Å². The maximum atomic E-state index is 14.2. The Labute approximate surface area is 184 Å². The number of carbonyl (C=O) groups is 1. The number of carbonyl (C=O) groups excluding carboxylic acids is 1. The Balaban J connectivity index is 1.78. The number of rotatable bonds is 3. The molecule has 0 N–H and O–H groups in total. The zero-order chi connectivity index (χ0) is 24.2. The van der Waals surface area contributed by atoms with Crippen molar-refractivity contribution in [3.63, 3.8) is 0 Å². The first kappa shape index (κ1) is 22.4. The quantitative estimate of drug-likeness (QED) is 0.211. The molecule has 10 heteroatoms. The van der Waals surface area contributed by atoms with E-state index in [1.807, 2.05) is 0 Å². The van der Waals surface area contributed by atoms with E-state index in [9.17, 15) is 31.1 Å². The average Bonchev–Trinajstić information content (AvgIpc) is 3.21. The number of hydrazone groups is 1. The molecule has 1 aliphatic heterocycles. The van der Waals surface area contributed by atoms with E-state index in [4.69, 9.17) is 0 Å². The van der Waals surface area contributed by atoms with E-state index in [0.717, 1.165) is 5.69 Å². The molecule has 33 heavy (non-hydrogen) atoms. The molecule has 4 nitrogen and oxygen atoms in total. The molecule has 3 aromatic rings. The number of hydrogen-bond donors (Lipinski definition) is 0. The number of aryl methyl sites for hydroxylation is 1. The number of aromatic nitrogens is 1. The average molecular weight is 463 g/mol. The molecule has 1 aliphatic rings. The molecule has 170 valence electrons. The van der Waals surface area contributed by atoms with Crippen LogP contribution < -0.4 is 5.01 Å². The molecule has 0 saturated heterocycles. The molecular weight excluding hydrogens is 448 g/mol. The maximum absolute atomic E-state index is 14.2. The Hall–Kier alpha value is -3.82. The third kappa shape index (κ3) is 3.51. The fourth-order valence-electron chi connectivity index (χ4n) is 3.69. The molecule has 4 rings (SSSR count). The Bertz CT molecular complexity index is 1340. The van der Waals surface area contributed by atoms with E-state index in [1.165, 1.54) is 25.1 Å². The Morgan fingerprint density at radius 1 is 0.818 bits per heavy atom. The number of anilines is 1. The minimum Gasteiger partial charge on any atom is -0.318 e. The molecule has 2 heterocycles. The molecule has 2 aromatic carbocycles. The van der Waals surface area contributed by atoms with E-state index in [1.54, 1.807) is 36.6 Å². The highest BCUT2D eigenvalue weighted by molar-refractivity contribution is 6.32. The van der Waals surface area contributed by atoms with Crippen molar-refractivity contribution >= 4 is 23.4 Å². The molecule has 0 fully saturated rings. The lowest BCUT2D eigenvalue weighted by Gasteiger charge is -2.15. The minimum absolute atomic E-state index is 0.0236. The van der Waals surface area contributed by atoms with Crippen molar-refractivity contribution in [3.8, 4) is 5.69 Å². The molecular formula is C23H15F6N3O. The zero-order valence-electron chi connectivity index (χ0n) is 17.5. The second kappa shape index (κ2) is 7.95. The molecule has 1 aromatic heterocycles. The predicted molar refractivity (Wildman–Crippen MR) is 110 cm³/mol. The van der Waals surface area contributed by atoms with E-state index < -0.39 is 46.5 Å². The Kier molecular flexibility index (Phi) is 5.39. The van der Waals surface area contributed by atoms with Crippen LogP contribution >= 0.6 is 0 Å². The van der Waals surface area contributed by atoms with Gasteiger partial charge < -0.3 is 4.57 Å². The summed E-state index contributed by atoms with van der Waals surface area (Å²) in [6.45, 7) is 4.91. The number of benzene rings is 2. The standard InChI is InChI=1S/C23H15F6N3O/c1-10-8-13(12(3)31(10)15-6-4-14(24)5-7-15)9-16-11(2)30-32(23(16)33)22-20(28)18(26)17(25)19(27)21(22)29/h4-9H,1-3H3/b16-9-. The predicted octanol–water partition coefficient (Wildman–Crippen LogP) is 5.73. The fraction of sp³-hybridized carbons (Fsp3) is 0.130. The highest BCUT2D eigenvalue weighted by atomic mass is 19.2. The summed E-state index contributed by atoms with van der Waals surface area (Å²) in [5.74, 6) is -12.5. The van der Waals surface area contributed by atoms with Crippen LogP contribution in [0.1, 0.15) is 23.9 Å². The van der Waals surface area contributed by atoms with Gasteiger partial charge in [0.15, 0.2) is 23.3 Å². The molecule has 0 atom stereocenters. The maximum Gasteiger partial charge on any atom is 0.280 e. The summed E-state index contributed by atoms with van der Waals surface area (Å²) < 4.78 is 84.1. The molecule has 0 saturated carbocycles. The van der Waals surface area contributed by atoms with Gasteiger partial charge in [-0.2, -0.15) is 10.1 Å². The van der Waals surface area contributed by atoms with Crippen LogP contribution in [0, 0.1) is 48.8 Å². The summed E-state index contributed by atoms with van der Waals surface area (Å²) in [7, 11) is 0. The van der Waals surface area contributed by atoms with Gasteiger partial charge in [-0.15, -0.1) is 0 Å². The van der Waals surface area contributed by atoms with Crippen LogP contribution in [0.4, 0.5) is 32.0 Å². The smallest absolute Gasteiger partial charge is 0.280 e. The van der Waals surface area contributed by atoms with Gasteiger partial charge in [0.05, 0.1) is 11.3 Å². The van der Waals surface area contributed by atoms with Crippen LogP contribution in [0.5, 0.6) is 0 Å². The highest BCUT2D eigenvalue weighted by Gasteiger charge is 2.37. The van der Waals surface area contributed by atoms with Crippen LogP contribution in [-0.4, -0.2) is 16.2 Å². The van der Waals surface area contributed by atoms with Gasteiger partial charge in [0.1, 0.15) is 11.5 Å². The first-order valence-electron chi connectivity index (χ1n) is 9.61. The van der Waals surface area contributed by atoms with Gasteiger partial charge >= 0.3 is 0 Å². The van der Waals surface area contributed by atoms with Crippen LogP contribution in [0.15, 0.2) is 41.0 Å². The van der Waals surface area contributed by atoms with Gasteiger partial charge in [0.25, 0.3) is 5.91 Å². The Morgan fingerprint density at radius 3 is 1.94 bits per heavy atom. The van der Waals surface area contributed by atoms with Crippen LogP contribution in [0.25, 0.3) is 11.8 Å². The van der Waals surface area contributed by atoms with E-state index >= 15 is 0 Å². The fourth-order valence-corrected chi connectivity index (χ4v) is 3.69. The first-order valence-corrected chi connectivity index (χ1v) is 9.61. The third-order valence-electron chi connectivity index (χ3n) is 5.32. The number of halogens is 6. The highest BCUT2D eigenvalue weighted by Crippen LogP contribution is 2.34. The summed E-state index contributed by atoms with van der Waals surface area (Å²) >= 11 is 0. The molecule has 0 aliphatic carbocycles. The lowest BCUT2D eigenvalue weighted by molar-refractivity contribution is -0.114.